The summed E-state index contributed by atoms with van der Waals surface area (Å²) < 4.78 is 20.9. The maximum Gasteiger partial charge on any atom is 0.240 e. The minimum Gasteiger partial charge on any atom is -0.338 e. The van der Waals surface area contributed by atoms with E-state index in [0.29, 0.717) is 30.2 Å². The average Bonchev–Trinajstić information content (AvgIpc) is 3.30. The fraction of sp³-hybridized carbons (Fsp3) is 0.235. The van der Waals surface area contributed by atoms with Gasteiger partial charge in [-0.15, -0.1) is 11.3 Å². The van der Waals surface area contributed by atoms with Crippen molar-refractivity contribution in [2.45, 2.75) is 25.9 Å². The van der Waals surface area contributed by atoms with E-state index in [0.717, 1.165) is 10.7 Å². The van der Waals surface area contributed by atoms with Crippen LogP contribution in [0.4, 0.5) is 4.39 Å². The summed E-state index contributed by atoms with van der Waals surface area (Å²) >= 11 is 1.60. The van der Waals surface area contributed by atoms with Crippen LogP contribution < -0.4 is 5.32 Å². The second kappa shape index (κ2) is 6.73. The predicted molar refractivity (Wildman–Crippen MR) is 91.8 cm³/mol. The Labute approximate surface area is 147 Å². The van der Waals surface area contributed by atoms with Crippen LogP contribution in [0.1, 0.15) is 35.9 Å². The van der Waals surface area contributed by atoms with Gasteiger partial charge in [-0.3, -0.25) is 4.40 Å². The summed E-state index contributed by atoms with van der Waals surface area (Å²) in [7, 11) is 0. The quantitative estimate of drug-likeness (QED) is 0.573. The number of rotatable bonds is 6. The maximum atomic E-state index is 13.7. The maximum absolute atomic E-state index is 13.7. The van der Waals surface area contributed by atoms with Crippen molar-refractivity contribution >= 4 is 16.3 Å². The number of hydrogen-bond acceptors (Lipinski definition) is 6. The Kier molecular flexibility index (Phi) is 4.29. The summed E-state index contributed by atoms with van der Waals surface area (Å²) in [6, 6.07) is 6.64. The third-order valence-corrected chi connectivity index (χ3v) is 4.70. The third kappa shape index (κ3) is 3.45. The summed E-state index contributed by atoms with van der Waals surface area (Å²) in [6.45, 7) is 2.46. The molecule has 0 aliphatic rings. The zero-order valence-electron chi connectivity index (χ0n) is 13.5. The Morgan fingerprint density at radius 1 is 1.32 bits per heavy atom. The van der Waals surface area contributed by atoms with Crippen molar-refractivity contribution in [3.63, 3.8) is 0 Å². The first-order chi connectivity index (χ1) is 12.2. The van der Waals surface area contributed by atoms with E-state index < -0.39 is 0 Å². The molecule has 3 heterocycles. The molecule has 0 bridgehead atoms. The summed E-state index contributed by atoms with van der Waals surface area (Å²) in [4.78, 5) is 9.85. The molecule has 0 aliphatic carbocycles. The van der Waals surface area contributed by atoms with Gasteiger partial charge in [-0.05, 0) is 18.6 Å². The second-order valence-corrected chi connectivity index (χ2v) is 6.61. The van der Waals surface area contributed by atoms with Gasteiger partial charge in [-0.2, -0.15) is 4.98 Å². The van der Waals surface area contributed by atoms with Gasteiger partial charge in [-0.25, -0.2) is 9.37 Å². The number of imidazole rings is 1. The minimum atomic E-state index is -0.264. The number of fused-ring (bicyclic) bond motifs is 1. The normalized spacial score (nSPS) is 12.7. The lowest BCUT2D eigenvalue weighted by Gasteiger charge is -2.08. The van der Waals surface area contributed by atoms with Crippen LogP contribution in [-0.4, -0.2) is 19.5 Å². The number of hydrogen-bond donors (Lipinski definition) is 1. The van der Waals surface area contributed by atoms with Gasteiger partial charge < -0.3 is 9.84 Å². The smallest absolute Gasteiger partial charge is 0.240 e. The zero-order chi connectivity index (χ0) is 17.2. The predicted octanol–water partition coefficient (Wildman–Crippen LogP) is 3.36. The van der Waals surface area contributed by atoms with E-state index >= 15 is 0 Å². The molecule has 0 radical (unpaired) electrons. The first-order valence-corrected chi connectivity index (χ1v) is 8.77. The van der Waals surface area contributed by atoms with Gasteiger partial charge in [0.2, 0.25) is 5.89 Å². The van der Waals surface area contributed by atoms with Gasteiger partial charge in [0, 0.05) is 30.2 Å². The molecular formula is C17H16FN5OS. The van der Waals surface area contributed by atoms with E-state index in [4.69, 9.17) is 4.52 Å². The largest absolute Gasteiger partial charge is 0.338 e. The highest BCUT2D eigenvalue weighted by Crippen LogP contribution is 2.17. The Bertz CT molecular complexity index is 963. The molecule has 1 aromatic carbocycles. The Morgan fingerprint density at radius 2 is 2.20 bits per heavy atom. The molecule has 0 aliphatic heterocycles. The first kappa shape index (κ1) is 15.9. The number of aromatic nitrogens is 4. The number of nitrogens with zero attached hydrogens (tertiary/aromatic N) is 4. The highest BCUT2D eigenvalue weighted by molar-refractivity contribution is 7.15. The van der Waals surface area contributed by atoms with Crippen LogP contribution in [0.2, 0.25) is 0 Å². The molecule has 128 valence electrons. The molecule has 4 aromatic rings. The molecule has 1 N–H and O–H groups in total. The Balaban J connectivity index is 1.38. The molecule has 0 saturated carbocycles. The average molecular weight is 357 g/mol. The highest BCUT2D eigenvalue weighted by Gasteiger charge is 2.13. The van der Waals surface area contributed by atoms with Gasteiger partial charge in [0.1, 0.15) is 5.82 Å². The SMILES string of the molecule is CC(NCc1nc(Cc2ccccc2F)no1)c1cn2ccsc2n1. The molecule has 6 nitrogen and oxygen atoms in total. The highest BCUT2D eigenvalue weighted by atomic mass is 32.1. The van der Waals surface area contributed by atoms with Gasteiger partial charge in [0.15, 0.2) is 10.8 Å². The van der Waals surface area contributed by atoms with Crippen molar-refractivity contribution in [2.75, 3.05) is 0 Å². The van der Waals surface area contributed by atoms with Crippen LogP contribution in [0.15, 0.2) is 46.6 Å². The van der Waals surface area contributed by atoms with Crippen molar-refractivity contribution in [3.05, 3.63) is 70.8 Å². The molecule has 0 fully saturated rings. The number of halogens is 1. The second-order valence-electron chi connectivity index (χ2n) is 5.73. The lowest BCUT2D eigenvalue weighted by Crippen LogP contribution is -2.18. The van der Waals surface area contributed by atoms with Crippen molar-refractivity contribution in [1.29, 1.82) is 0 Å². The first-order valence-electron chi connectivity index (χ1n) is 7.89. The Hall–Kier alpha value is -2.58. The lowest BCUT2D eigenvalue weighted by molar-refractivity contribution is 0.356. The zero-order valence-corrected chi connectivity index (χ0v) is 14.3. The van der Waals surface area contributed by atoms with E-state index in [9.17, 15) is 4.39 Å². The molecule has 0 saturated heterocycles. The molecule has 0 amide bonds. The summed E-state index contributed by atoms with van der Waals surface area (Å²) in [5.41, 5.74) is 1.51. The molecule has 3 aromatic heterocycles. The summed E-state index contributed by atoms with van der Waals surface area (Å²) in [5.74, 6) is 0.677. The van der Waals surface area contributed by atoms with Gasteiger partial charge in [0.05, 0.1) is 12.2 Å². The van der Waals surface area contributed by atoms with E-state index in [1.54, 1.807) is 29.5 Å². The van der Waals surface area contributed by atoms with Crippen LogP contribution in [0.3, 0.4) is 0 Å². The van der Waals surface area contributed by atoms with E-state index in [1.165, 1.54) is 6.07 Å². The van der Waals surface area contributed by atoms with Crippen LogP contribution in [0, 0.1) is 5.82 Å². The van der Waals surface area contributed by atoms with Crippen LogP contribution in [0.5, 0.6) is 0 Å². The van der Waals surface area contributed by atoms with Crippen molar-refractivity contribution < 1.29 is 8.91 Å². The third-order valence-electron chi connectivity index (χ3n) is 3.93. The van der Waals surface area contributed by atoms with E-state index in [-0.39, 0.29) is 11.9 Å². The summed E-state index contributed by atoms with van der Waals surface area (Å²) in [5, 5.41) is 9.23. The van der Waals surface area contributed by atoms with Gasteiger partial charge in [0.25, 0.3) is 0 Å². The molecule has 25 heavy (non-hydrogen) atoms. The van der Waals surface area contributed by atoms with Crippen LogP contribution in [0.25, 0.3) is 4.96 Å². The number of benzene rings is 1. The molecule has 4 rings (SSSR count). The van der Waals surface area contributed by atoms with Crippen molar-refractivity contribution in [3.8, 4) is 0 Å². The molecule has 0 spiro atoms. The monoisotopic (exact) mass is 357 g/mol. The molecular weight excluding hydrogens is 341 g/mol. The van der Waals surface area contributed by atoms with Crippen molar-refractivity contribution in [2.24, 2.45) is 0 Å². The molecule has 1 atom stereocenters. The van der Waals surface area contributed by atoms with Gasteiger partial charge >= 0.3 is 0 Å². The van der Waals surface area contributed by atoms with E-state index in [2.05, 4.69) is 20.4 Å². The minimum absolute atomic E-state index is 0.0500. The van der Waals surface area contributed by atoms with Crippen LogP contribution >= 0.6 is 11.3 Å². The lowest BCUT2D eigenvalue weighted by atomic mass is 10.1. The molecule has 8 heteroatoms. The number of thiazole rings is 1. The fourth-order valence-electron chi connectivity index (χ4n) is 2.55. The van der Waals surface area contributed by atoms with Crippen LogP contribution in [-0.2, 0) is 13.0 Å². The summed E-state index contributed by atoms with van der Waals surface area (Å²) in [6.07, 6.45) is 4.29. The van der Waals surface area contributed by atoms with E-state index in [1.807, 2.05) is 29.1 Å². The Morgan fingerprint density at radius 3 is 3.04 bits per heavy atom. The topological polar surface area (TPSA) is 68.2 Å². The standard InChI is InChI=1S/C17H16FN5OS/c1-11(14-10-23-6-7-25-17(23)20-14)19-9-16-21-15(22-24-16)8-12-4-2-3-5-13(12)18/h2-7,10-11,19H,8-9H2,1H3. The van der Waals surface area contributed by atoms with Crippen molar-refractivity contribution in [1.82, 2.24) is 24.8 Å². The number of nitrogens with one attached hydrogen (secondary N) is 1. The fourth-order valence-corrected chi connectivity index (χ4v) is 3.25. The van der Waals surface area contributed by atoms with Gasteiger partial charge in [-0.1, -0.05) is 23.4 Å². The molecule has 1 unspecified atom stereocenters.